The largest absolute Gasteiger partial charge is 0.355 e. The number of nitrogens with zero attached hydrogens (tertiary/aromatic N) is 3. The summed E-state index contributed by atoms with van der Waals surface area (Å²) >= 11 is 0. The molecule has 1 heterocycles. The summed E-state index contributed by atoms with van der Waals surface area (Å²) in [6.07, 6.45) is 2.76. The van der Waals surface area contributed by atoms with E-state index in [-0.39, 0.29) is 0 Å². The van der Waals surface area contributed by atoms with E-state index in [4.69, 9.17) is 5.73 Å². The summed E-state index contributed by atoms with van der Waals surface area (Å²) in [5, 5.41) is 0. The summed E-state index contributed by atoms with van der Waals surface area (Å²) in [7, 11) is 4.21. The van der Waals surface area contributed by atoms with E-state index in [1.807, 2.05) is 12.3 Å². The molecule has 1 rings (SSSR count). The minimum Gasteiger partial charge on any atom is -0.355 e. The fourth-order valence-corrected chi connectivity index (χ4v) is 2.11. The van der Waals surface area contributed by atoms with Crippen molar-refractivity contribution in [3.05, 3.63) is 23.9 Å². The molecule has 0 atom stereocenters. The zero-order valence-corrected chi connectivity index (χ0v) is 12.8. The number of nitrogens with two attached hydrogens (primary N) is 1. The van der Waals surface area contributed by atoms with Crippen LogP contribution in [0.4, 0.5) is 5.82 Å². The van der Waals surface area contributed by atoms with Gasteiger partial charge in [0.25, 0.3) is 0 Å². The van der Waals surface area contributed by atoms with Crippen molar-refractivity contribution in [2.75, 3.05) is 45.2 Å². The molecule has 1 aromatic rings. The van der Waals surface area contributed by atoms with E-state index in [1.54, 1.807) is 0 Å². The Morgan fingerprint density at radius 1 is 1.26 bits per heavy atom. The van der Waals surface area contributed by atoms with Crippen molar-refractivity contribution in [1.82, 2.24) is 9.88 Å². The van der Waals surface area contributed by atoms with Crippen LogP contribution in [0.1, 0.15) is 19.4 Å². The number of hydrogen-bond acceptors (Lipinski definition) is 4. The van der Waals surface area contributed by atoms with Crippen LogP contribution in [0.25, 0.3) is 0 Å². The summed E-state index contributed by atoms with van der Waals surface area (Å²) in [4.78, 5) is 9.17. The summed E-state index contributed by atoms with van der Waals surface area (Å²) < 4.78 is 0. The maximum absolute atomic E-state index is 5.70. The average Bonchev–Trinajstić information content (AvgIpc) is 2.35. The Kier molecular flexibility index (Phi) is 6.81. The minimum absolute atomic E-state index is 0.620. The second-order valence-corrected chi connectivity index (χ2v) is 5.67. The molecule has 4 heteroatoms. The average molecular weight is 264 g/mol. The predicted molar refractivity (Wildman–Crippen MR) is 82.6 cm³/mol. The van der Waals surface area contributed by atoms with Crippen LogP contribution in [0.5, 0.6) is 0 Å². The molecule has 4 nitrogen and oxygen atoms in total. The van der Waals surface area contributed by atoms with E-state index in [1.165, 1.54) is 5.56 Å². The lowest BCUT2D eigenvalue weighted by Crippen LogP contribution is -2.35. The fourth-order valence-electron chi connectivity index (χ4n) is 2.11. The molecule has 0 amide bonds. The summed E-state index contributed by atoms with van der Waals surface area (Å²) in [6.45, 7) is 8.22. The van der Waals surface area contributed by atoms with Gasteiger partial charge in [-0.15, -0.1) is 0 Å². The Morgan fingerprint density at radius 3 is 2.58 bits per heavy atom. The van der Waals surface area contributed by atoms with Crippen molar-refractivity contribution in [1.29, 1.82) is 0 Å². The number of hydrogen-bond donors (Lipinski definition) is 1. The molecule has 19 heavy (non-hydrogen) atoms. The maximum atomic E-state index is 5.70. The van der Waals surface area contributed by atoms with Gasteiger partial charge in [0, 0.05) is 25.8 Å². The predicted octanol–water partition coefficient (Wildman–Crippen LogP) is 1.61. The van der Waals surface area contributed by atoms with Crippen molar-refractivity contribution >= 4 is 5.82 Å². The molecular formula is C15H28N4. The lowest BCUT2D eigenvalue weighted by molar-refractivity contribution is 0.408. The van der Waals surface area contributed by atoms with E-state index in [9.17, 15) is 0 Å². The minimum atomic E-state index is 0.620. The monoisotopic (exact) mass is 264 g/mol. The number of aromatic nitrogens is 1. The first-order chi connectivity index (χ1) is 9.04. The van der Waals surface area contributed by atoms with Gasteiger partial charge in [0.15, 0.2) is 0 Å². The van der Waals surface area contributed by atoms with Crippen LogP contribution in [-0.4, -0.2) is 50.2 Å². The van der Waals surface area contributed by atoms with Gasteiger partial charge in [0.05, 0.1) is 0 Å². The van der Waals surface area contributed by atoms with Crippen LogP contribution in [0.15, 0.2) is 18.3 Å². The van der Waals surface area contributed by atoms with Gasteiger partial charge in [-0.3, -0.25) is 0 Å². The molecule has 0 saturated carbocycles. The molecule has 2 N–H and O–H groups in total. The Balaban J connectivity index is 2.88. The third-order valence-electron chi connectivity index (χ3n) is 2.98. The van der Waals surface area contributed by atoms with Gasteiger partial charge in [-0.25, -0.2) is 4.98 Å². The van der Waals surface area contributed by atoms with E-state index >= 15 is 0 Å². The zero-order chi connectivity index (χ0) is 14.3. The molecule has 1 aromatic heterocycles. The normalized spacial score (nSPS) is 11.3. The number of likely N-dealkylation sites (N-methyl/N-ethyl adjacent to an activating group) is 1. The Hall–Kier alpha value is -1.13. The number of rotatable bonds is 8. The van der Waals surface area contributed by atoms with Crippen molar-refractivity contribution in [2.45, 2.75) is 20.3 Å². The molecule has 0 radical (unpaired) electrons. The second-order valence-electron chi connectivity index (χ2n) is 5.67. The zero-order valence-electron chi connectivity index (χ0n) is 12.8. The molecule has 0 aliphatic rings. The van der Waals surface area contributed by atoms with Crippen LogP contribution in [0.2, 0.25) is 0 Å². The summed E-state index contributed by atoms with van der Waals surface area (Å²) in [6, 6.07) is 4.13. The van der Waals surface area contributed by atoms with Crippen LogP contribution in [-0.2, 0) is 6.42 Å². The highest BCUT2D eigenvalue weighted by molar-refractivity contribution is 5.47. The molecule has 0 aromatic carbocycles. The first kappa shape index (κ1) is 15.9. The lowest BCUT2D eigenvalue weighted by atomic mass is 10.1. The van der Waals surface area contributed by atoms with Crippen molar-refractivity contribution < 1.29 is 0 Å². The van der Waals surface area contributed by atoms with E-state index in [2.05, 4.69) is 48.8 Å². The molecule has 0 aliphatic heterocycles. The quantitative estimate of drug-likeness (QED) is 0.775. The third-order valence-corrected chi connectivity index (χ3v) is 2.98. The van der Waals surface area contributed by atoms with E-state index < -0.39 is 0 Å². The number of anilines is 1. The molecule has 108 valence electrons. The molecule has 0 spiro atoms. The standard InChI is InChI=1S/C15H28N4/c1-13(2)12-19(11-10-18(3)4)15-14(7-8-16)6-5-9-17-15/h5-6,9,13H,7-8,10-12,16H2,1-4H3. The van der Waals surface area contributed by atoms with Crippen molar-refractivity contribution in [3.63, 3.8) is 0 Å². The fraction of sp³-hybridized carbons (Fsp3) is 0.667. The maximum Gasteiger partial charge on any atom is 0.131 e. The Morgan fingerprint density at radius 2 is 2.00 bits per heavy atom. The van der Waals surface area contributed by atoms with E-state index in [0.717, 1.165) is 31.9 Å². The van der Waals surface area contributed by atoms with Gasteiger partial charge in [-0.2, -0.15) is 0 Å². The molecule has 0 fully saturated rings. The Labute approximate surface area is 117 Å². The SMILES string of the molecule is CC(C)CN(CCN(C)C)c1ncccc1CCN. The van der Waals surface area contributed by atoms with E-state index in [0.29, 0.717) is 12.5 Å². The highest BCUT2D eigenvalue weighted by Crippen LogP contribution is 2.18. The van der Waals surface area contributed by atoms with Gasteiger partial charge in [-0.1, -0.05) is 19.9 Å². The first-order valence-electron chi connectivity index (χ1n) is 7.08. The third kappa shape index (κ3) is 5.57. The van der Waals surface area contributed by atoms with Crippen molar-refractivity contribution in [3.8, 4) is 0 Å². The first-order valence-corrected chi connectivity index (χ1v) is 7.08. The van der Waals surface area contributed by atoms with Crippen LogP contribution < -0.4 is 10.6 Å². The topological polar surface area (TPSA) is 45.4 Å². The van der Waals surface area contributed by atoms with Gasteiger partial charge in [-0.05, 0) is 44.6 Å². The lowest BCUT2D eigenvalue weighted by Gasteiger charge is -2.28. The molecule has 0 bridgehead atoms. The number of pyridine rings is 1. The van der Waals surface area contributed by atoms with Gasteiger partial charge >= 0.3 is 0 Å². The highest BCUT2D eigenvalue weighted by atomic mass is 15.2. The van der Waals surface area contributed by atoms with Crippen LogP contribution in [0, 0.1) is 5.92 Å². The second kappa shape index (κ2) is 8.12. The molecular weight excluding hydrogens is 236 g/mol. The van der Waals surface area contributed by atoms with Gasteiger partial charge in [0.1, 0.15) is 5.82 Å². The summed E-state index contributed by atoms with van der Waals surface area (Å²) in [5.41, 5.74) is 6.95. The molecule has 0 saturated heterocycles. The highest BCUT2D eigenvalue weighted by Gasteiger charge is 2.13. The van der Waals surface area contributed by atoms with Crippen molar-refractivity contribution in [2.24, 2.45) is 11.7 Å². The van der Waals surface area contributed by atoms with Gasteiger partial charge < -0.3 is 15.5 Å². The Bertz CT molecular complexity index is 363. The summed E-state index contributed by atoms with van der Waals surface area (Å²) in [5.74, 6) is 1.72. The van der Waals surface area contributed by atoms with Crippen LogP contribution >= 0.6 is 0 Å². The van der Waals surface area contributed by atoms with Gasteiger partial charge in [0.2, 0.25) is 0 Å². The van der Waals surface area contributed by atoms with Crippen LogP contribution in [0.3, 0.4) is 0 Å². The molecule has 0 aliphatic carbocycles. The molecule has 0 unspecified atom stereocenters. The smallest absolute Gasteiger partial charge is 0.131 e.